The van der Waals surface area contributed by atoms with Crippen LogP contribution in [0.2, 0.25) is 0 Å². The van der Waals surface area contributed by atoms with Gasteiger partial charge in [-0.05, 0) is 65.4 Å². The molecule has 5 nitrogen and oxygen atoms in total. The van der Waals surface area contributed by atoms with E-state index in [1.54, 1.807) is 29.2 Å². The van der Waals surface area contributed by atoms with Crippen LogP contribution < -0.4 is 9.62 Å². The van der Waals surface area contributed by atoms with Gasteiger partial charge in [-0.2, -0.15) is 0 Å². The van der Waals surface area contributed by atoms with Gasteiger partial charge < -0.3 is 0 Å². The number of rotatable bonds is 5. The number of carbonyl (C=O) groups excluding carboxylic acids is 1. The molecule has 1 atom stereocenters. The zero-order valence-corrected chi connectivity index (χ0v) is 20.8. The SMILES string of the molecule is Cc1cccc(N2C(=O)CSC2c2cccc(NS(=O)(=O)c3ccc(C(C)(C)C)cc3)c2)c1. The minimum absolute atomic E-state index is 0.0421. The van der Waals surface area contributed by atoms with E-state index >= 15 is 0 Å². The Kier molecular flexibility index (Phi) is 6.29. The maximum Gasteiger partial charge on any atom is 0.261 e. The summed E-state index contributed by atoms with van der Waals surface area (Å²) in [5.41, 5.74) is 4.29. The highest BCUT2D eigenvalue weighted by molar-refractivity contribution is 8.00. The van der Waals surface area contributed by atoms with Crippen molar-refractivity contribution >= 4 is 39.1 Å². The molecule has 1 N–H and O–H groups in total. The first kappa shape index (κ1) is 23.4. The van der Waals surface area contributed by atoms with Crippen LogP contribution in [0, 0.1) is 6.92 Å². The Hall–Kier alpha value is -2.77. The van der Waals surface area contributed by atoms with E-state index in [-0.39, 0.29) is 21.6 Å². The summed E-state index contributed by atoms with van der Waals surface area (Å²) in [6.45, 7) is 8.26. The van der Waals surface area contributed by atoms with Gasteiger partial charge >= 0.3 is 0 Å². The van der Waals surface area contributed by atoms with Gasteiger partial charge in [0.15, 0.2) is 0 Å². The van der Waals surface area contributed by atoms with E-state index < -0.39 is 10.0 Å². The molecule has 7 heteroatoms. The van der Waals surface area contributed by atoms with Crippen molar-refractivity contribution in [3.63, 3.8) is 0 Å². The molecule has 1 saturated heterocycles. The van der Waals surface area contributed by atoms with E-state index in [1.807, 2.05) is 55.5 Å². The molecule has 172 valence electrons. The van der Waals surface area contributed by atoms with Crippen LogP contribution in [-0.2, 0) is 20.2 Å². The molecule has 1 heterocycles. The first-order chi connectivity index (χ1) is 15.5. The minimum Gasteiger partial charge on any atom is -0.295 e. The summed E-state index contributed by atoms with van der Waals surface area (Å²) in [6, 6.07) is 22.1. The summed E-state index contributed by atoms with van der Waals surface area (Å²) >= 11 is 1.54. The van der Waals surface area contributed by atoms with Crippen molar-refractivity contribution in [2.75, 3.05) is 15.4 Å². The second-order valence-corrected chi connectivity index (χ2v) is 12.0. The lowest BCUT2D eigenvalue weighted by molar-refractivity contribution is -0.115. The number of hydrogen-bond acceptors (Lipinski definition) is 4. The topological polar surface area (TPSA) is 66.5 Å². The van der Waals surface area contributed by atoms with E-state index in [0.717, 1.165) is 22.4 Å². The average Bonchev–Trinajstić information content (AvgIpc) is 3.14. The molecule has 0 spiro atoms. The molecule has 1 amide bonds. The van der Waals surface area contributed by atoms with Crippen LogP contribution in [0.3, 0.4) is 0 Å². The quantitative estimate of drug-likeness (QED) is 0.496. The summed E-state index contributed by atoms with van der Waals surface area (Å²) in [7, 11) is -3.74. The minimum atomic E-state index is -3.74. The number of carbonyl (C=O) groups is 1. The molecule has 0 bridgehead atoms. The second kappa shape index (κ2) is 8.88. The number of nitrogens with one attached hydrogen (secondary N) is 1. The Labute approximate surface area is 200 Å². The van der Waals surface area contributed by atoms with Gasteiger partial charge in [-0.3, -0.25) is 14.4 Å². The summed E-state index contributed by atoms with van der Waals surface area (Å²) < 4.78 is 28.7. The molecular weight excluding hydrogens is 452 g/mol. The fraction of sp³-hybridized carbons (Fsp3) is 0.269. The number of aryl methyl sites for hydroxylation is 1. The molecule has 0 radical (unpaired) electrons. The number of thioether (sulfide) groups is 1. The number of sulfonamides is 1. The molecule has 3 aromatic rings. The average molecular weight is 481 g/mol. The largest absolute Gasteiger partial charge is 0.295 e. The highest BCUT2D eigenvalue weighted by Gasteiger charge is 2.34. The van der Waals surface area contributed by atoms with Crippen LogP contribution in [0.1, 0.15) is 42.8 Å². The lowest BCUT2D eigenvalue weighted by Gasteiger charge is -2.25. The molecule has 0 saturated carbocycles. The number of amides is 1. The van der Waals surface area contributed by atoms with Crippen molar-refractivity contribution in [1.29, 1.82) is 0 Å². The first-order valence-electron chi connectivity index (χ1n) is 10.8. The van der Waals surface area contributed by atoms with E-state index in [9.17, 15) is 13.2 Å². The number of nitrogens with zero attached hydrogens (tertiary/aromatic N) is 1. The Balaban J connectivity index is 1.59. The molecule has 3 aromatic carbocycles. The number of benzene rings is 3. The maximum atomic E-state index is 13.0. The molecule has 1 aliphatic heterocycles. The highest BCUT2D eigenvalue weighted by atomic mass is 32.2. The monoisotopic (exact) mass is 480 g/mol. The summed E-state index contributed by atoms with van der Waals surface area (Å²) in [4.78, 5) is 14.7. The summed E-state index contributed by atoms with van der Waals surface area (Å²) in [5.74, 6) is 0.426. The van der Waals surface area contributed by atoms with Gasteiger partial charge in [0.05, 0.1) is 10.6 Å². The summed E-state index contributed by atoms with van der Waals surface area (Å²) in [6.07, 6.45) is 0. The highest BCUT2D eigenvalue weighted by Crippen LogP contribution is 2.42. The second-order valence-electron chi connectivity index (χ2n) is 9.27. The van der Waals surface area contributed by atoms with Gasteiger partial charge in [-0.15, -0.1) is 11.8 Å². The fourth-order valence-corrected chi connectivity index (χ4v) is 6.05. The lowest BCUT2D eigenvalue weighted by Crippen LogP contribution is -2.27. The molecule has 4 rings (SSSR count). The Morgan fingerprint density at radius 1 is 0.970 bits per heavy atom. The van der Waals surface area contributed by atoms with E-state index in [4.69, 9.17) is 0 Å². The Morgan fingerprint density at radius 3 is 2.33 bits per heavy atom. The van der Waals surface area contributed by atoms with Crippen molar-refractivity contribution in [2.45, 2.75) is 43.4 Å². The van der Waals surface area contributed by atoms with E-state index in [0.29, 0.717) is 11.4 Å². The Bertz CT molecular complexity index is 1280. The molecule has 1 fully saturated rings. The molecule has 1 unspecified atom stereocenters. The van der Waals surface area contributed by atoms with E-state index in [1.165, 1.54) is 11.8 Å². The third-order valence-electron chi connectivity index (χ3n) is 5.60. The zero-order valence-electron chi connectivity index (χ0n) is 19.2. The van der Waals surface area contributed by atoms with Crippen LogP contribution in [0.4, 0.5) is 11.4 Å². The molecular formula is C26H28N2O3S2. The van der Waals surface area contributed by atoms with Gasteiger partial charge in [0.2, 0.25) is 5.91 Å². The van der Waals surface area contributed by atoms with Gasteiger partial charge in [0, 0.05) is 11.4 Å². The maximum absolute atomic E-state index is 13.0. The van der Waals surface area contributed by atoms with Crippen LogP contribution in [0.25, 0.3) is 0 Å². The van der Waals surface area contributed by atoms with Crippen molar-refractivity contribution in [1.82, 2.24) is 0 Å². The predicted octanol–water partition coefficient (Wildman–Crippen LogP) is 5.87. The normalized spacial score (nSPS) is 16.8. The van der Waals surface area contributed by atoms with Crippen LogP contribution in [-0.4, -0.2) is 20.1 Å². The van der Waals surface area contributed by atoms with Crippen molar-refractivity contribution < 1.29 is 13.2 Å². The van der Waals surface area contributed by atoms with Gasteiger partial charge in [-0.25, -0.2) is 8.42 Å². The van der Waals surface area contributed by atoms with E-state index in [2.05, 4.69) is 25.5 Å². The Morgan fingerprint density at radius 2 is 1.67 bits per heavy atom. The van der Waals surface area contributed by atoms with Gasteiger partial charge in [0.1, 0.15) is 5.37 Å². The first-order valence-corrected chi connectivity index (χ1v) is 13.3. The van der Waals surface area contributed by atoms with Crippen LogP contribution in [0.5, 0.6) is 0 Å². The third-order valence-corrected chi connectivity index (χ3v) is 8.21. The predicted molar refractivity (Wildman–Crippen MR) is 136 cm³/mol. The van der Waals surface area contributed by atoms with Crippen LogP contribution in [0.15, 0.2) is 77.7 Å². The van der Waals surface area contributed by atoms with Crippen LogP contribution >= 0.6 is 11.8 Å². The molecule has 33 heavy (non-hydrogen) atoms. The van der Waals surface area contributed by atoms with Gasteiger partial charge in [-0.1, -0.05) is 57.2 Å². The van der Waals surface area contributed by atoms with Crippen molar-refractivity contribution in [3.8, 4) is 0 Å². The van der Waals surface area contributed by atoms with Crippen molar-refractivity contribution in [3.05, 3.63) is 89.5 Å². The zero-order chi connectivity index (χ0) is 23.8. The molecule has 1 aliphatic rings. The molecule has 0 aliphatic carbocycles. The molecule has 0 aromatic heterocycles. The third kappa shape index (κ3) is 5.09. The summed E-state index contributed by atoms with van der Waals surface area (Å²) in [5, 5.41) is -0.213. The fourth-order valence-electron chi connectivity index (χ4n) is 3.83. The van der Waals surface area contributed by atoms with Gasteiger partial charge in [0.25, 0.3) is 10.0 Å². The standard InChI is InChI=1S/C26H28N2O3S2/c1-18-7-5-10-22(15-18)28-24(29)17-32-25(28)19-8-6-9-21(16-19)27-33(30,31)23-13-11-20(12-14-23)26(2,3)4/h5-16,25,27H,17H2,1-4H3. The van der Waals surface area contributed by atoms with Crippen molar-refractivity contribution in [2.24, 2.45) is 0 Å². The smallest absolute Gasteiger partial charge is 0.261 e. The lowest BCUT2D eigenvalue weighted by atomic mass is 9.87. The number of hydrogen-bond donors (Lipinski definition) is 1. The number of anilines is 2.